The summed E-state index contributed by atoms with van der Waals surface area (Å²) in [5.41, 5.74) is 8.22. The van der Waals surface area contributed by atoms with Crippen LogP contribution in [0.15, 0.2) is 53.5 Å². The standard InChI is InChI=1S/C17H14F2N2O/c1-10(20)14-8-16(22)21-9-13(19)6-7-15(21)17(14)11-2-4-12(18)5-3-11/h2-10H,20H2,1H3. The van der Waals surface area contributed by atoms with E-state index in [1.807, 2.05) is 0 Å². The highest BCUT2D eigenvalue weighted by Crippen LogP contribution is 2.30. The molecule has 0 amide bonds. The first kappa shape index (κ1) is 14.4. The highest BCUT2D eigenvalue weighted by Gasteiger charge is 2.15. The van der Waals surface area contributed by atoms with Gasteiger partial charge in [0.2, 0.25) is 0 Å². The van der Waals surface area contributed by atoms with Gasteiger partial charge in [0.15, 0.2) is 0 Å². The number of hydrogen-bond donors (Lipinski definition) is 1. The van der Waals surface area contributed by atoms with Crippen LogP contribution in [0.5, 0.6) is 0 Å². The molecule has 2 N–H and O–H groups in total. The van der Waals surface area contributed by atoms with Crippen molar-refractivity contribution in [3.05, 3.63) is 76.2 Å². The fraction of sp³-hybridized carbons (Fsp3) is 0.118. The Morgan fingerprint density at radius 2 is 1.68 bits per heavy atom. The lowest BCUT2D eigenvalue weighted by molar-refractivity contribution is 0.618. The summed E-state index contributed by atoms with van der Waals surface area (Å²) in [6.45, 7) is 1.77. The summed E-state index contributed by atoms with van der Waals surface area (Å²) in [5.74, 6) is -0.859. The molecule has 0 saturated heterocycles. The number of halogens is 2. The van der Waals surface area contributed by atoms with E-state index in [0.29, 0.717) is 16.6 Å². The molecule has 1 atom stereocenters. The van der Waals surface area contributed by atoms with Crippen molar-refractivity contribution in [1.29, 1.82) is 0 Å². The van der Waals surface area contributed by atoms with Crippen molar-refractivity contribution >= 4 is 5.52 Å². The summed E-state index contributed by atoms with van der Waals surface area (Å²) in [5, 5.41) is 0. The summed E-state index contributed by atoms with van der Waals surface area (Å²) in [4.78, 5) is 12.2. The number of nitrogens with two attached hydrogens (primary N) is 1. The largest absolute Gasteiger partial charge is 0.324 e. The smallest absolute Gasteiger partial charge is 0.255 e. The van der Waals surface area contributed by atoms with Crippen molar-refractivity contribution in [2.24, 2.45) is 5.73 Å². The van der Waals surface area contributed by atoms with Gasteiger partial charge in [-0.3, -0.25) is 9.20 Å². The highest BCUT2D eigenvalue weighted by molar-refractivity contribution is 5.83. The van der Waals surface area contributed by atoms with E-state index in [0.717, 1.165) is 11.8 Å². The SMILES string of the molecule is CC(N)c1cc(=O)n2cc(F)ccc2c1-c1ccc(F)cc1. The van der Waals surface area contributed by atoms with Gasteiger partial charge in [-0.25, -0.2) is 8.78 Å². The fourth-order valence-corrected chi connectivity index (χ4v) is 2.57. The fourth-order valence-electron chi connectivity index (χ4n) is 2.57. The zero-order valence-electron chi connectivity index (χ0n) is 11.9. The second-order valence-corrected chi connectivity index (χ2v) is 5.21. The molecule has 0 fully saturated rings. The molecule has 3 rings (SSSR count). The van der Waals surface area contributed by atoms with Gasteiger partial charge < -0.3 is 5.73 Å². The van der Waals surface area contributed by atoms with E-state index in [9.17, 15) is 13.6 Å². The molecule has 0 spiro atoms. The molecule has 0 radical (unpaired) electrons. The van der Waals surface area contributed by atoms with Crippen LogP contribution in [0.25, 0.3) is 16.6 Å². The lowest BCUT2D eigenvalue weighted by atomic mass is 9.95. The van der Waals surface area contributed by atoms with Crippen LogP contribution in [0, 0.1) is 11.6 Å². The molecule has 112 valence electrons. The lowest BCUT2D eigenvalue weighted by Gasteiger charge is -2.16. The molecule has 3 nitrogen and oxygen atoms in total. The molecule has 1 aromatic carbocycles. The monoisotopic (exact) mass is 300 g/mol. The second-order valence-electron chi connectivity index (χ2n) is 5.21. The van der Waals surface area contributed by atoms with Gasteiger partial charge in [-0.15, -0.1) is 0 Å². The summed E-state index contributed by atoms with van der Waals surface area (Å²) >= 11 is 0. The van der Waals surface area contributed by atoms with Crippen molar-refractivity contribution in [3.63, 3.8) is 0 Å². The molecule has 5 heteroatoms. The van der Waals surface area contributed by atoms with Gasteiger partial charge in [0, 0.05) is 23.9 Å². The van der Waals surface area contributed by atoms with Crippen LogP contribution < -0.4 is 11.3 Å². The van der Waals surface area contributed by atoms with Crippen LogP contribution in [-0.2, 0) is 0 Å². The predicted octanol–water partition coefficient (Wildman–Crippen LogP) is 3.26. The third kappa shape index (κ3) is 2.40. The average Bonchev–Trinajstić information content (AvgIpc) is 2.48. The van der Waals surface area contributed by atoms with Crippen molar-refractivity contribution < 1.29 is 8.78 Å². The Kier molecular flexibility index (Phi) is 3.50. The van der Waals surface area contributed by atoms with Crippen molar-refractivity contribution in [2.75, 3.05) is 0 Å². The Morgan fingerprint density at radius 3 is 2.32 bits per heavy atom. The number of aromatic nitrogens is 1. The Hall–Kier alpha value is -2.53. The van der Waals surface area contributed by atoms with E-state index < -0.39 is 5.82 Å². The molecule has 2 aromatic heterocycles. The van der Waals surface area contributed by atoms with Gasteiger partial charge in [0.25, 0.3) is 5.56 Å². The van der Waals surface area contributed by atoms with Crippen molar-refractivity contribution in [2.45, 2.75) is 13.0 Å². The van der Waals surface area contributed by atoms with E-state index in [1.54, 1.807) is 19.1 Å². The zero-order valence-corrected chi connectivity index (χ0v) is 11.9. The maximum Gasteiger partial charge on any atom is 0.255 e. The van der Waals surface area contributed by atoms with Crippen LogP contribution in [0.2, 0.25) is 0 Å². The quantitative estimate of drug-likeness (QED) is 0.789. The third-order valence-corrected chi connectivity index (χ3v) is 3.60. The predicted molar refractivity (Wildman–Crippen MR) is 81.6 cm³/mol. The van der Waals surface area contributed by atoms with E-state index >= 15 is 0 Å². The summed E-state index contributed by atoms with van der Waals surface area (Å²) in [7, 11) is 0. The highest BCUT2D eigenvalue weighted by atomic mass is 19.1. The maximum absolute atomic E-state index is 13.4. The van der Waals surface area contributed by atoms with Gasteiger partial charge in [0.05, 0.1) is 5.52 Å². The van der Waals surface area contributed by atoms with Gasteiger partial charge in [-0.1, -0.05) is 12.1 Å². The molecular formula is C17H14F2N2O. The van der Waals surface area contributed by atoms with Gasteiger partial charge in [0.1, 0.15) is 11.6 Å². The maximum atomic E-state index is 13.4. The van der Waals surface area contributed by atoms with E-state index in [-0.39, 0.29) is 17.4 Å². The average molecular weight is 300 g/mol. The molecule has 2 heterocycles. The number of hydrogen-bond acceptors (Lipinski definition) is 2. The Balaban J connectivity index is 2.44. The first-order valence-electron chi connectivity index (χ1n) is 6.83. The number of rotatable bonds is 2. The summed E-state index contributed by atoms with van der Waals surface area (Å²) in [6, 6.07) is 9.73. The molecule has 3 aromatic rings. The number of nitrogens with zero attached hydrogens (tertiary/aromatic N) is 1. The molecule has 0 aliphatic carbocycles. The number of fused-ring (bicyclic) bond motifs is 1. The molecule has 0 bridgehead atoms. The van der Waals surface area contributed by atoms with Crippen molar-refractivity contribution in [1.82, 2.24) is 4.40 Å². The van der Waals surface area contributed by atoms with Gasteiger partial charge >= 0.3 is 0 Å². The van der Waals surface area contributed by atoms with E-state index in [4.69, 9.17) is 5.73 Å². The topological polar surface area (TPSA) is 47.5 Å². The Labute approximate surface area is 125 Å². The van der Waals surface area contributed by atoms with E-state index in [2.05, 4.69) is 0 Å². The van der Waals surface area contributed by atoms with Crippen LogP contribution in [0.4, 0.5) is 8.78 Å². The summed E-state index contributed by atoms with van der Waals surface area (Å²) < 4.78 is 27.8. The molecule has 0 saturated carbocycles. The third-order valence-electron chi connectivity index (χ3n) is 3.60. The number of benzene rings is 1. The van der Waals surface area contributed by atoms with Gasteiger partial charge in [-0.05, 0) is 42.3 Å². The van der Waals surface area contributed by atoms with Crippen LogP contribution in [0.3, 0.4) is 0 Å². The first-order chi connectivity index (χ1) is 10.5. The first-order valence-corrected chi connectivity index (χ1v) is 6.83. The molecular weight excluding hydrogens is 286 g/mol. The minimum Gasteiger partial charge on any atom is -0.324 e. The van der Waals surface area contributed by atoms with Crippen LogP contribution in [0.1, 0.15) is 18.5 Å². The molecule has 0 aliphatic rings. The Bertz CT molecular complexity index is 899. The molecule has 1 unspecified atom stereocenters. The van der Waals surface area contributed by atoms with Crippen LogP contribution in [-0.4, -0.2) is 4.40 Å². The zero-order chi connectivity index (χ0) is 15.9. The molecule has 0 aliphatic heterocycles. The minimum absolute atomic E-state index is 0.352. The van der Waals surface area contributed by atoms with Crippen LogP contribution >= 0.6 is 0 Å². The molecule has 22 heavy (non-hydrogen) atoms. The number of pyridine rings is 2. The van der Waals surface area contributed by atoms with Crippen molar-refractivity contribution in [3.8, 4) is 11.1 Å². The lowest BCUT2D eigenvalue weighted by Crippen LogP contribution is -2.18. The Morgan fingerprint density at radius 1 is 1.05 bits per heavy atom. The van der Waals surface area contributed by atoms with Gasteiger partial charge in [-0.2, -0.15) is 0 Å². The normalized spacial score (nSPS) is 12.5. The van der Waals surface area contributed by atoms with E-state index in [1.165, 1.54) is 34.7 Å². The second kappa shape index (κ2) is 5.35. The minimum atomic E-state index is -0.506. The summed E-state index contributed by atoms with van der Waals surface area (Å²) in [6.07, 6.45) is 1.13.